The highest BCUT2D eigenvalue weighted by Gasteiger charge is 2.31. The quantitative estimate of drug-likeness (QED) is 0.872. The lowest BCUT2D eigenvalue weighted by atomic mass is 10.2. The lowest BCUT2D eigenvalue weighted by Crippen LogP contribution is -2.33. The van der Waals surface area contributed by atoms with Gasteiger partial charge in [0.2, 0.25) is 0 Å². The minimum absolute atomic E-state index is 0.194. The molecule has 0 aliphatic carbocycles. The Balaban J connectivity index is 1.61. The molecular formula is C14H14F3N3O. The summed E-state index contributed by atoms with van der Waals surface area (Å²) < 4.78 is 42.2. The van der Waals surface area contributed by atoms with Crippen LogP contribution in [0.15, 0.2) is 36.7 Å². The molecule has 0 spiro atoms. The number of imidazole rings is 1. The molecule has 0 atom stereocenters. The van der Waals surface area contributed by atoms with Gasteiger partial charge in [-0.2, -0.15) is 0 Å². The summed E-state index contributed by atoms with van der Waals surface area (Å²) in [5.41, 5.74) is 0.949. The Bertz CT molecular complexity index is 607. The van der Waals surface area contributed by atoms with Gasteiger partial charge in [-0.05, 0) is 17.7 Å². The van der Waals surface area contributed by atoms with Gasteiger partial charge in [0.05, 0.1) is 6.54 Å². The smallest absolute Gasteiger partial charge is 0.406 e. The van der Waals surface area contributed by atoms with E-state index in [1.807, 2.05) is 6.20 Å². The highest BCUT2D eigenvalue weighted by Crippen LogP contribution is 2.23. The van der Waals surface area contributed by atoms with Crippen LogP contribution >= 0.6 is 0 Å². The SMILES string of the molecule is FC(F)(F)Oc1ccc(CN2CCn3ccnc3C2)cc1. The molecule has 0 bridgehead atoms. The third-order valence-corrected chi connectivity index (χ3v) is 3.39. The van der Waals surface area contributed by atoms with Crippen LogP contribution in [0.2, 0.25) is 0 Å². The van der Waals surface area contributed by atoms with Gasteiger partial charge in [-0.15, -0.1) is 13.2 Å². The number of nitrogens with zero attached hydrogens (tertiary/aromatic N) is 3. The summed E-state index contributed by atoms with van der Waals surface area (Å²) in [6.07, 6.45) is -0.913. The number of hydrogen-bond donors (Lipinski definition) is 0. The van der Waals surface area contributed by atoms with E-state index in [1.54, 1.807) is 18.3 Å². The molecule has 1 aromatic heterocycles. The maximum Gasteiger partial charge on any atom is 0.573 e. The van der Waals surface area contributed by atoms with Crippen LogP contribution in [0.25, 0.3) is 0 Å². The number of hydrogen-bond acceptors (Lipinski definition) is 3. The first-order valence-electron chi connectivity index (χ1n) is 6.57. The molecule has 1 aliphatic rings. The fraction of sp³-hybridized carbons (Fsp3) is 0.357. The number of rotatable bonds is 3. The van der Waals surface area contributed by atoms with Crippen LogP contribution in [0.4, 0.5) is 13.2 Å². The topological polar surface area (TPSA) is 30.3 Å². The van der Waals surface area contributed by atoms with Gasteiger partial charge in [0.25, 0.3) is 0 Å². The van der Waals surface area contributed by atoms with Crippen molar-refractivity contribution in [3.05, 3.63) is 48.0 Å². The summed E-state index contributed by atoms with van der Waals surface area (Å²) in [6, 6.07) is 5.99. The number of halogens is 3. The zero-order chi connectivity index (χ0) is 14.9. The summed E-state index contributed by atoms with van der Waals surface area (Å²) >= 11 is 0. The average molecular weight is 297 g/mol. The normalized spacial score (nSPS) is 15.8. The van der Waals surface area contributed by atoms with Crippen molar-refractivity contribution in [1.82, 2.24) is 14.5 Å². The van der Waals surface area contributed by atoms with Crippen LogP contribution in [-0.2, 0) is 19.6 Å². The summed E-state index contributed by atoms with van der Waals surface area (Å²) in [5.74, 6) is 0.818. The predicted octanol–water partition coefficient (Wildman–Crippen LogP) is 2.80. The summed E-state index contributed by atoms with van der Waals surface area (Å²) in [4.78, 5) is 6.49. The van der Waals surface area contributed by atoms with E-state index in [1.165, 1.54) is 12.1 Å². The second-order valence-electron chi connectivity index (χ2n) is 4.94. The van der Waals surface area contributed by atoms with Gasteiger partial charge in [-0.1, -0.05) is 12.1 Å². The standard InChI is InChI=1S/C14H14F3N3O/c15-14(16,17)21-12-3-1-11(2-4-12)9-19-7-8-20-6-5-18-13(20)10-19/h1-6H,7-10H2. The molecule has 21 heavy (non-hydrogen) atoms. The van der Waals surface area contributed by atoms with Crippen LogP contribution in [0.1, 0.15) is 11.4 Å². The number of aromatic nitrogens is 2. The maximum absolute atomic E-state index is 12.1. The van der Waals surface area contributed by atoms with Crippen molar-refractivity contribution in [3.8, 4) is 5.75 Å². The molecule has 0 radical (unpaired) electrons. The van der Waals surface area contributed by atoms with Gasteiger partial charge in [0.15, 0.2) is 0 Å². The molecule has 3 rings (SSSR count). The molecule has 112 valence electrons. The Morgan fingerprint density at radius 1 is 1.14 bits per heavy atom. The number of ether oxygens (including phenoxy) is 1. The zero-order valence-electron chi connectivity index (χ0n) is 11.2. The summed E-state index contributed by atoms with van der Waals surface area (Å²) in [7, 11) is 0. The highest BCUT2D eigenvalue weighted by atomic mass is 19.4. The Kier molecular flexibility index (Phi) is 3.59. The largest absolute Gasteiger partial charge is 0.573 e. The van der Waals surface area contributed by atoms with Crippen molar-refractivity contribution in [3.63, 3.8) is 0 Å². The van der Waals surface area contributed by atoms with Crippen molar-refractivity contribution in [2.24, 2.45) is 0 Å². The van der Waals surface area contributed by atoms with E-state index in [-0.39, 0.29) is 5.75 Å². The fourth-order valence-electron chi connectivity index (χ4n) is 2.41. The van der Waals surface area contributed by atoms with Crippen molar-refractivity contribution < 1.29 is 17.9 Å². The first kappa shape index (κ1) is 13.9. The molecule has 0 saturated carbocycles. The lowest BCUT2D eigenvalue weighted by molar-refractivity contribution is -0.274. The average Bonchev–Trinajstić information content (AvgIpc) is 2.87. The molecule has 0 unspecified atom stereocenters. The maximum atomic E-state index is 12.1. The number of alkyl halides is 3. The van der Waals surface area contributed by atoms with Crippen LogP contribution < -0.4 is 4.74 Å². The van der Waals surface area contributed by atoms with E-state index < -0.39 is 6.36 Å². The first-order valence-corrected chi connectivity index (χ1v) is 6.57. The third-order valence-electron chi connectivity index (χ3n) is 3.39. The molecule has 4 nitrogen and oxygen atoms in total. The van der Waals surface area contributed by atoms with E-state index in [2.05, 4.69) is 19.2 Å². The molecule has 0 saturated heterocycles. The van der Waals surface area contributed by atoms with E-state index >= 15 is 0 Å². The molecule has 0 N–H and O–H groups in total. The Hall–Kier alpha value is -2.02. The van der Waals surface area contributed by atoms with E-state index in [9.17, 15) is 13.2 Å². The van der Waals surface area contributed by atoms with Crippen LogP contribution in [0.3, 0.4) is 0 Å². The van der Waals surface area contributed by atoms with Gasteiger partial charge in [0.1, 0.15) is 11.6 Å². The molecule has 1 aliphatic heterocycles. The second-order valence-corrected chi connectivity index (χ2v) is 4.94. The highest BCUT2D eigenvalue weighted by molar-refractivity contribution is 5.27. The Morgan fingerprint density at radius 3 is 2.62 bits per heavy atom. The number of fused-ring (bicyclic) bond motifs is 1. The number of benzene rings is 1. The molecule has 1 aromatic carbocycles. The van der Waals surface area contributed by atoms with Gasteiger partial charge in [0, 0.05) is 32.0 Å². The van der Waals surface area contributed by atoms with Gasteiger partial charge in [-0.25, -0.2) is 4.98 Å². The summed E-state index contributed by atoms with van der Waals surface area (Å²) in [5, 5.41) is 0. The molecule has 0 fully saturated rings. The van der Waals surface area contributed by atoms with Crippen LogP contribution in [0, 0.1) is 0 Å². The Morgan fingerprint density at radius 2 is 1.90 bits per heavy atom. The minimum Gasteiger partial charge on any atom is -0.406 e. The first-order chi connectivity index (χ1) is 9.99. The molecule has 0 amide bonds. The summed E-state index contributed by atoms with van der Waals surface area (Å²) in [6.45, 7) is 3.20. The van der Waals surface area contributed by atoms with E-state index in [0.29, 0.717) is 6.54 Å². The van der Waals surface area contributed by atoms with E-state index in [0.717, 1.165) is 31.0 Å². The zero-order valence-corrected chi connectivity index (χ0v) is 11.2. The van der Waals surface area contributed by atoms with Crippen LogP contribution in [-0.4, -0.2) is 27.4 Å². The molecule has 2 heterocycles. The molecule has 7 heteroatoms. The van der Waals surface area contributed by atoms with E-state index in [4.69, 9.17) is 0 Å². The minimum atomic E-state index is -4.65. The molecular weight excluding hydrogens is 283 g/mol. The van der Waals surface area contributed by atoms with Gasteiger partial charge >= 0.3 is 6.36 Å². The van der Waals surface area contributed by atoms with Crippen molar-refractivity contribution in [2.45, 2.75) is 26.0 Å². The third kappa shape index (κ3) is 3.55. The fourth-order valence-corrected chi connectivity index (χ4v) is 2.41. The van der Waals surface area contributed by atoms with Gasteiger partial charge in [-0.3, -0.25) is 4.90 Å². The van der Waals surface area contributed by atoms with Gasteiger partial charge < -0.3 is 9.30 Å². The van der Waals surface area contributed by atoms with Crippen LogP contribution in [0.5, 0.6) is 5.75 Å². The monoisotopic (exact) mass is 297 g/mol. The second kappa shape index (κ2) is 5.40. The van der Waals surface area contributed by atoms with Crippen molar-refractivity contribution in [1.29, 1.82) is 0 Å². The molecule has 2 aromatic rings. The predicted molar refractivity (Wildman–Crippen MR) is 69.5 cm³/mol. The lowest BCUT2D eigenvalue weighted by Gasteiger charge is -2.27. The Labute approximate surface area is 119 Å². The van der Waals surface area contributed by atoms with Crippen molar-refractivity contribution in [2.75, 3.05) is 6.54 Å². The van der Waals surface area contributed by atoms with Crippen molar-refractivity contribution >= 4 is 0 Å².